The van der Waals surface area contributed by atoms with Crippen molar-refractivity contribution in [2.24, 2.45) is 5.92 Å². The summed E-state index contributed by atoms with van der Waals surface area (Å²) >= 11 is 2.02. The topological polar surface area (TPSA) is 15.3 Å². The van der Waals surface area contributed by atoms with Gasteiger partial charge in [-0.2, -0.15) is 11.8 Å². The van der Waals surface area contributed by atoms with E-state index in [1.165, 1.54) is 50.1 Å². The van der Waals surface area contributed by atoms with Gasteiger partial charge in [-0.15, -0.1) is 0 Å². The molecule has 136 valence electrons. The van der Waals surface area contributed by atoms with Crippen LogP contribution in [0.4, 0.5) is 0 Å². The highest BCUT2D eigenvalue weighted by Gasteiger charge is 2.25. The third-order valence-electron chi connectivity index (χ3n) is 5.00. The summed E-state index contributed by atoms with van der Waals surface area (Å²) in [5.41, 5.74) is 1.71. The quantitative estimate of drug-likeness (QED) is 0.611. The van der Waals surface area contributed by atoms with Gasteiger partial charge in [-0.1, -0.05) is 43.2 Å². The molecule has 1 aliphatic rings. The molecule has 1 aliphatic carbocycles. The summed E-state index contributed by atoms with van der Waals surface area (Å²) in [6.45, 7) is 11.7. The molecule has 0 aliphatic heterocycles. The molecular formula is C21H36N2S. The fourth-order valence-corrected chi connectivity index (χ4v) is 4.31. The van der Waals surface area contributed by atoms with E-state index in [0.717, 1.165) is 24.8 Å². The van der Waals surface area contributed by atoms with Crippen LogP contribution in [0.2, 0.25) is 0 Å². The Morgan fingerprint density at radius 1 is 1.08 bits per heavy atom. The van der Waals surface area contributed by atoms with Crippen LogP contribution >= 0.6 is 11.8 Å². The first-order valence-corrected chi connectivity index (χ1v) is 10.8. The van der Waals surface area contributed by atoms with Gasteiger partial charge in [-0.25, -0.2) is 0 Å². The van der Waals surface area contributed by atoms with E-state index in [0.29, 0.717) is 0 Å². The van der Waals surface area contributed by atoms with Crippen molar-refractivity contribution in [3.63, 3.8) is 0 Å². The summed E-state index contributed by atoms with van der Waals surface area (Å²) in [6, 6.07) is 10.8. The predicted octanol–water partition coefficient (Wildman–Crippen LogP) is 4.80. The Hall–Kier alpha value is -0.510. The van der Waals surface area contributed by atoms with E-state index < -0.39 is 0 Å². The Labute approximate surface area is 153 Å². The van der Waals surface area contributed by atoms with E-state index in [1.54, 1.807) is 0 Å². The number of nitrogens with zero attached hydrogens (tertiary/aromatic N) is 1. The predicted molar refractivity (Wildman–Crippen MR) is 109 cm³/mol. The second-order valence-corrected chi connectivity index (χ2v) is 9.16. The first-order valence-electron chi connectivity index (χ1n) is 9.63. The molecule has 0 saturated heterocycles. The van der Waals surface area contributed by atoms with Gasteiger partial charge >= 0.3 is 0 Å². The lowest BCUT2D eigenvalue weighted by atomic mass is 10.0. The van der Waals surface area contributed by atoms with Crippen molar-refractivity contribution < 1.29 is 0 Å². The summed E-state index contributed by atoms with van der Waals surface area (Å²) < 4.78 is 0. The van der Waals surface area contributed by atoms with E-state index >= 15 is 0 Å². The van der Waals surface area contributed by atoms with E-state index in [4.69, 9.17) is 0 Å². The molecule has 1 aromatic rings. The Bertz CT molecular complexity index is 435. The molecule has 0 unspecified atom stereocenters. The van der Waals surface area contributed by atoms with E-state index in [2.05, 4.69) is 61.3 Å². The largest absolute Gasteiger partial charge is 0.315 e. The lowest BCUT2D eigenvalue weighted by Gasteiger charge is -2.37. The normalized spacial score (nSPS) is 16.2. The van der Waals surface area contributed by atoms with Crippen LogP contribution in [-0.4, -0.2) is 42.4 Å². The van der Waals surface area contributed by atoms with Crippen LogP contribution in [0.25, 0.3) is 0 Å². The Balaban J connectivity index is 1.56. The van der Waals surface area contributed by atoms with Crippen molar-refractivity contribution in [2.45, 2.75) is 57.7 Å². The number of thioether (sulfide) groups is 1. The third kappa shape index (κ3) is 7.58. The maximum absolute atomic E-state index is 3.64. The minimum Gasteiger partial charge on any atom is -0.315 e. The minimum atomic E-state index is 0.284. The van der Waals surface area contributed by atoms with Crippen LogP contribution in [-0.2, 0) is 5.75 Å². The minimum absolute atomic E-state index is 0.284. The zero-order valence-corrected chi connectivity index (χ0v) is 16.7. The fourth-order valence-electron chi connectivity index (χ4n) is 3.45. The molecule has 2 nitrogen and oxygen atoms in total. The van der Waals surface area contributed by atoms with Gasteiger partial charge in [0.1, 0.15) is 0 Å². The van der Waals surface area contributed by atoms with E-state index in [1.807, 2.05) is 11.8 Å². The van der Waals surface area contributed by atoms with Crippen molar-refractivity contribution in [1.29, 1.82) is 0 Å². The van der Waals surface area contributed by atoms with Crippen LogP contribution in [0, 0.1) is 5.92 Å². The lowest BCUT2D eigenvalue weighted by Crippen LogP contribution is -2.47. The average molecular weight is 349 g/mol. The number of nitrogens with one attached hydrogen (secondary N) is 1. The highest BCUT2D eigenvalue weighted by Crippen LogP contribution is 2.27. The van der Waals surface area contributed by atoms with Gasteiger partial charge in [0.25, 0.3) is 0 Å². The van der Waals surface area contributed by atoms with Gasteiger partial charge in [-0.05, 0) is 45.1 Å². The molecule has 24 heavy (non-hydrogen) atoms. The highest BCUT2D eigenvalue weighted by atomic mass is 32.2. The maximum Gasteiger partial charge on any atom is 0.0185 e. The molecule has 0 aromatic heterocycles. The van der Waals surface area contributed by atoms with Crippen LogP contribution in [0.3, 0.4) is 0 Å². The van der Waals surface area contributed by atoms with Crippen molar-refractivity contribution in [1.82, 2.24) is 10.2 Å². The standard InChI is InChI=1S/C21H36N2S/c1-21(2,3)23(17-19-9-7-8-10-19)15-13-22-14-16-24-18-20-11-5-4-6-12-20/h4-6,11-12,19,22H,7-10,13-18H2,1-3H3. The summed E-state index contributed by atoms with van der Waals surface area (Å²) in [7, 11) is 0. The number of rotatable bonds is 10. The lowest BCUT2D eigenvalue weighted by molar-refractivity contribution is 0.115. The first-order chi connectivity index (χ1) is 11.6. The van der Waals surface area contributed by atoms with Crippen LogP contribution in [0.1, 0.15) is 52.0 Å². The Morgan fingerprint density at radius 2 is 1.79 bits per heavy atom. The highest BCUT2D eigenvalue weighted by molar-refractivity contribution is 7.98. The van der Waals surface area contributed by atoms with Gasteiger partial charge in [0.2, 0.25) is 0 Å². The summed E-state index contributed by atoms with van der Waals surface area (Å²) in [6.07, 6.45) is 5.77. The molecule has 0 heterocycles. The second-order valence-electron chi connectivity index (χ2n) is 8.06. The van der Waals surface area contributed by atoms with Crippen molar-refractivity contribution in [2.75, 3.05) is 31.9 Å². The van der Waals surface area contributed by atoms with Gasteiger partial charge in [-0.3, -0.25) is 4.90 Å². The second kappa shape index (κ2) is 10.5. The molecule has 1 aromatic carbocycles. The molecule has 0 bridgehead atoms. The molecule has 0 radical (unpaired) electrons. The van der Waals surface area contributed by atoms with Crippen molar-refractivity contribution in [3.05, 3.63) is 35.9 Å². The molecule has 0 amide bonds. The summed E-state index contributed by atoms with van der Waals surface area (Å²) in [4.78, 5) is 2.69. The third-order valence-corrected chi connectivity index (χ3v) is 6.03. The maximum atomic E-state index is 3.64. The molecular weight excluding hydrogens is 312 g/mol. The van der Waals surface area contributed by atoms with Crippen LogP contribution in [0.5, 0.6) is 0 Å². The zero-order valence-electron chi connectivity index (χ0n) is 15.9. The number of hydrogen-bond donors (Lipinski definition) is 1. The van der Waals surface area contributed by atoms with Crippen molar-refractivity contribution >= 4 is 11.8 Å². The van der Waals surface area contributed by atoms with Gasteiger partial charge in [0.05, 0.1) is 0 Å². The van der Waals surface area contributed by atoms with Gasteiger partial charge in [0, 0.05) is 43.2 Å². The number of hydrogen-bond acceptors (Lipinski definition) is 3. The molecule has 1 fully saturated rings. The van der Waals surface area contributed by atoms with E-state index in [-0.39, 0.29) is 5.54 Å². The van der Waals surface area contributed by atoms with Crippen molar-refractivity contribution in [3.8, 4) is 0 Å². The zero-order chi connectivity index (χ0) is 17.3. The van der Waals surface area contributed by atoms with E-state index in [9.17, 15) is 0 Å². The Morgan fingerprint density at radius 3 is 2.46 bits per heavy atom. The van der Waals surface area contributed by atoms with Crippen LogP contribution in [0.15, 0.2) is 30.3 Å². The van der Waals surface area contributed by atoms with Crippen LogP contribution < -0.4 is 5.32 Å². The van der Waals surface area contributed by atoms with Gasteiger partial charge < -0.3 is 5.32 Å². The average Bonchev–Trinajstić information content (AvgIpc) is 3.06. The monoisotopic (exact) mass is 348 g/mol. The molecule has 0 atom stereocenters. The fraction of sp³-hybridized carbons (Fsp3) is 0.714. The molecule has 3 heteroatoms. The molecule has 0 spiro atoms. The summed E-state index contributed by atoms with van der Waals surface area (Å²) in [5, 5.41) is 3.64. The molecule has 1 saturated carbocycles. The first kappa shape index (κ1) is 19.8. The number of benzene rings is 1. The van der Waals surface area contributed by atoms with Gasteiger partial charge in [0.15, 0.2) is 0 Å². The SMILES string of the molecule is CC(C)(C)N(CCNCCSCc1ccccc1)CC1CCCC1. The molecule has 1 N–H and O–H groups in total. The Kier molecular flexibility index (Phi) is 8.65. The summed E-state index contributed by atoms with van der Waals surface area (Å²) in [5.74, 6) is 3.25. The molecule has 2 rings (SSSR count). The smallest absolute Gasteiger partial charge is 0.0185 e.